The van der Waals surface area contributed by atoms with Crippen molar-refractivity contribution < 1.29 is 8.50 Å². The molecule has 4 heteroatoms. The van der Waals surface area contributed by atoms with Gasteiger partial charge < -0.3 is 0 Å². The lowest BCUT2D eigenvalue weighted by molar-refractivity contribution is 0.622. The van der Waals surface area contributed by atoms with Gasteiger partial charge in [-0.3, -0.25) is 4.98 Å². The van der Waals surface area contributed by atoms with Gasteiger partial charge in [-0.2, -0.15) is 0 Å². The van der Waals surface area contributed by atoms with Crippen molar-refractivity contribution in [1.82, 2.24) is 9.97 Å². The van der Waals surface area contributed by atoms with Gasteiger partial charge in [-0.25, -0.2) is 9.37 Å². The predicted octanol–water partition coefficient (Wildman–Crippen LogP) is 3.24. The van der Waals surface area contributed by atoms with Crippen LogP contribution in [0, 0.1) is 12.7 Å². The van der Waals surface area contributed by atoms with Crippen molar-refractivity contribution >= 4 is 11.6 Å². The zero-order chi connectivity index (χ0) is 13.3. The highest BCUT2D eigenvalue weighted by molar-refractivity contribution is 6.29. The summed E-state index contributed by atoms with van der Waals surface area (Å²) in [5, 5.41) is 0.0443. The van der Waals surface area contributed by atoms with Crippen LogP contribution in [0.15, 0.2) is 30.6 Å². The second-order valence-corrected chi connectivity index (χ2v) is 3.34. The molecule has 2 nitrogen and oxygen atoms in total. The van der Waals surface area contributed by atoms with Crippen LogP contribution in [0.1, 0.15) is 9.81 Å². The summed E-state index contributed by atoms with van der Waals surface area (Å²) >= 11 is 5.77. The van der Waals surface area contributed by atoms with Gasteiger partial charge in [0.25, 0.3) is 0 Å². The van der Waals surface area contributed by atoms with Gasteiger partial charge in [-0.05, 0) is 30.6 Å². The molecule has 2 aromatic heterocycles. The predicted molar refractivity (Wildman–Crippen MR) is 57.2 cm³/mol. The van der Waals surface area contributed by atoms with Gasteiger partial charge in [0.2, 0.25) is 0 Å². The van der Waals surface area contributed by atoms with Gasteiger partial charge in [0.15, 0.2) is 0 Å². The van der Waals surface area contributed by atoms with Gasteiger partial charge >= 0.3 is 0 Å². The summed E-state index contributed by atoms with van der Waals surface area (Å²) in [6.07, 6.45) is 2.50. The van der Waals surface area contributed by atoms with Crippen LogP contribution in [-0.2, 0) is 0 Å². The highest BCUT2D eigenvalue weighted by Crippen LogP contribution is 2.22. The molecule has 0 amide bonds. The number of hydrogen-bond acceptors (Lipinski definition) is 2. The maximum Gasteiger partial charge on any atom is 0.142 e. The normalized spacial score (nSPS) is 14.1. The van der Waals surface area contributed by atoms with Crippen molar-refractivity contribution in [1.29, 1.82) is 0 Å². The Kier molecular flexibility index (Phi) is 1.82. The maximum absolute atomic E-state index is 13.1. The van der Waals surface area contributed by atoms with Crippen LogP contribution in [0.3, 0.4) is 0 Å². The first-order valence-electron chi connectivity index (χ1n) is 5.65. The van der Waals surface area contributed by atoms with Crippen molar-refractivity contribution in [2.45, 2.75) is 6.85 Å². The lowest BCUT2D eigenvalue weighted by Crippen LogP contribution is -1.87. The number of halogens is 2. The summed E-state index contributed by atoms with van der Waals surface area (Å²) in [6, 6.07) is 4.07. The summed E-state index contributed by atoms with van der Waals surface area (Å²) < 4.78 is 34.9. The molecule has 76 valence electrons. The first-order valence-corrected chi connectivity index (χ1v) is 4.53. The Morgan fingerprint density at radius 2 is 2.13 bits per heavy atom. The molecule has 0 aliphatic rings. The molecule has 2 rings (SSSR count). The zero-order valence-electron chi connectivity index (χ0n) is 10.5. The molecule has 0 saturated carbocycles. The van der Waals surface area contributed by atoms with Crippen LogP contribution < -0.4 is 0 Å². The summed E-state index contributed by atoms with van der Waals surface area (Å²) in [4.78, 5) is 7.44. The summed E-state index contributed by atoms with van der Waals surface area (Å²) in [5.74, 6) is -0.504. The molecule has 0 saturated heterocycles. The van der Waals surface area contributed by atoms with Crippen LogP contribution in [-0.4, -0.2) is 9.97 Å². The fourth-order valence-electron chi connectivity index (χ4n) is 1.23. The van der Waals surface area contributed by atoms with Crippen molar-refractivity contribution in [3.05, 3.63) is 47.3 Å². The second-order valence-electron chi connectivity index (χ2n) is 2.96. The third kappa shape index (κ3) is 2.30. The minimum absolute atomic E-state index is 0.0443. The van der Waals surface area contributed by atoms with Crippen molar-refractivity contribution in [2.24, 2.45) is 0 Å². The standard InChI is InChI=1S/C11H8ClFN2/c1-7-2-8(4-11(12)15-7)9-3-10(13)6-14-5-9/h2-6H,1H3/i1D3. The van der Waals surface area contributed by atoms with E-state index in [-0.39, 0.29) is 10.8 Å². The smallest absolute Gasteiger partial charge is 0.142 e. The van der Waals surface area contributed by atoms with E-state index in [2.05, 4.69) is 9.97 Å². The molecule has 0 fully saturated rings. The van der Waals surface area contributed by atoms with Crippen LogP contribution in [0.4, 0.5) is 4.39 Å². The number of aromatic nitrogens is 2. The summed E-state index contributed by atoms with van der Waals surface area (Å²) in [6.45, 7) is -2.36. The van der Waals surface area contributed by atoms with Crippen LogP contribution in [0.2, 0.25) is 5.15 Å². The number of nitrogens with zero attached hydrogens (tertiary/aromatic N) is 2. The first-order chi connectivity index (χ1) is 8.36. The van der Waals surface area contributed by atoms with E-state index >= 15 is 0 Å². The van der Waals surface area contributed by atoms with E-state index in [0.717, 1.165) is 6.20 Å². The topological polar surface area (TPSA) is 25.8 Å². The fourth-order valence-corrected chi connectivity index (χ4v) is 1.44. The van der Waals surface area contributed by atoms with E-state index in [4.69, 9.17) is 15.7 Å². The van der Waals surface area contributed by atoms with Gasteiger partial charge in [-0.15, -0.1) is 0 Å². The fraction of sp³-hybridized carbons (Fsp3) is 0.0909. The number of pyridine rings is 2. The van der Waals surface area contributed by atoms with Gasteiger partial charge in [0, 0.05) is 21.6 Å². The van der Waals surface area contributed by atoms with Crippen LogP contribution in [0.5, 0.6) is 0 Å². The van der Waals surface area contributed by atoms with Gasteiger partial charge in [0.1, 0.15) is 11.0 Å². The van der Waals surface area contributed by atoms with Crippen molar-refractivity contribution in [2.75, 3.05) is 0 Å². The molecule has 0 atom stereocenters. The lowest BCUT2D eigenvalue weighted by atomic mass is 10.1. The molecule has 0 radical (unpaired) electrons. The average Bonchev–Trinajstić information content (AvgIpc) is 2.27. The van der Waals surface area contributed by atoms with E-state index in [1.807, 2.05) is 0 Å². The van der Waals surface area contributed by atoms with Crippen LogP contribution >= 0.6 is 11.6 Å². The van der Waals surface area contributed by atoms with E-state index < -0.39 is 12.7 Å². The number of rotatable bonds is 1. The summed E-state index contributed by atoms with van der Waals surface area (Å²) in [7, 11) is 0. The Morgan fingerprint density at radius 3 is 2.87 bits per heavy atom. The maximum atomic E-state index is 13.1. The minimum Gasteiger partial charge on any atom is -0.261 e. The van der Waals surface area contributed by atoms with Crippen molar-refractivity contribution in [3.63, 3.8) is 0 Å². The Labute approximate surface area is 96.0 Å². The second kappa shape index (κ2) is 3.95. The SMILES string of the molecule is [2H]C([2H])([2H])c1cc(-c2cncc(F)c2)cc(Cl)n1. The first kappa shape index (κ1) is 6.90. The van der Waals surface area contributed by atoms with E-state index in [0.29, 0.717) is 11.1 Å². The van der Waals surface area contributed by atoms with E-state index in [1.165, 1.54) is 24.4 Å². The highest BCUT2D eigenvalue weighted by Gasteiger charge is 2.02. The number of hydrogen-bond donors (Lipinski definition) is 0. The molecule has 0 unspecified atom stereocenters. The lowest BCUT2D eigenvalue weighted by Gasteiger charge is -2.03. The molecule has 15 heavy (non-hydrogen) atoms. The quantitative estimate of drug-likeness (QED) is 0.697. The average molecular weight is 226 g/mol. The molecule has 2 aromatic rings. The zero-order valence-corrected chi connectivity index (χ0v) is 8.29. The molecular weight excluding hydrogens is 215 g/mol. The Bertz CT molecular complexity index is 587. The minimum atomic E-state index is -2.36. The largest absolute Gasteiger partial charge is 0.261 e. The Hall–Kier alpha value is -1.48. The molecule has 0 N–H and O–H groups in total. The van der Waals surface area contributed by atoms with Crippen LogP contribution in [0.25, 0.3) is 11.1 Å². The molecular formula is C11H8ClFN2. The molecule has 0 aliphatic carbocycles. The van der Waals surface area contributed by atoms with Crippen molar-refractivity contribution in [3.8, 4) is 11.1 Å². The molecule has 0 aromatic carbocycles. The monoisotopic (exact) mass is 225 g/mol. The highest BCUT2D eigenvalue weighted by atomic mass is 35.5. The van der Waals surface area contributed by atoms with Gasteiger partial charge in [-0.1, -0.05) is 11.6 Å². The third-order valence-electron chi connectivity index (χ3n) is 1.83. The summed E-state index contributed by atoms with van der Waals surface area (Å²) in [5.41, 5.74) is 0.784. The Morgan fingerprint density at radius 1 is 1.27 bits per heavy atom. The molecule has 2 heterocycles. The van der Waals surface area contributed by atoms with E-state index in [9.17, 15) is 4.39 Å². The molecule has 0 spiro atoms. The number of aryl methyl sites for hydroxylation is 1. The third-order valence-corrected chi connectivity index (χ3v) is 2.03. The molecule has 0 aliphatic heterocycles. The molecule has 0 bridgehead atoms. The van der Waals surface area contributed by atoms with E-state index in [1.54, 1.807) is 0 Å². The Balaban J connectivity index is 2.55. The van der Waals surface area contributed by atoms with Gasteiger partial charge in [0.05, 0.1) is 6.20 Å².